The van der Waals surface area contributed by atoms with Gasteiger partial charge < -0.3 is 10.4 Å². The lowest BCUT2D eigenvalue weighted by Gasteiger charge is -2.24. The van der Waals surface area contributed by atoms with Crippen molar-refractivity contribution in [1.82, 2.24) is 20.5 Å². The molecule has 1 aromatic heterocycles. The Kier molecular flexibility index (Phi) is 5.72. The second-order valence-corrected chi connectivity index (χ2v) is 6.93. The Labute approximate surface area is 142 Å². The largest absolute Gasteiger partial charge is 0.388 e. The van der Waals surface area contributed by atoms with Crippen molar-refractivity contribution in [3.05, 3.63) is 35.7 Å². The molecule has 3 N–H and O–H groups in total. The number of aryl methyl sites for hydroxylation is 1. The molecule has 0 aliphatic carbocycles. The SMILES string of the molecule is Cc1nc(-c2ccc(C(=O)NCC(C)(O)CCC(C)C)cc2)n[nH]1. The van der Waals surface area contributed by atoms with E-state index in [9.17, 15) is 9.90 Å². The molecule has 0 radical (unpaired) electrons. The van der Waals surface area contributed by atoms with Gasteiger partial charge in [-0.2, -0.15) is 5.10 Å². The van der Waals surface area contributed by atoms with Gasteiger partial charge in [-0.05, 0) is 44.7 Å². The monoisotopic (exact) mass is 330 g/mol. The summed E-state index contributed by atoms with van der Waals surface area (Å²) >= 11 is 0. The molecule has 2 aromatic rings. The number of aromatic nitrogens is 3. The van der Waals surface area contributed by atoms with Crippen molar-refractivity contribution in [2.45, 2.75) is 46.1 Å². The van der Waals surface area contributed by atoms with Gasteiger partial charge in [0.2, 0.25) is 0 Å². The normalized spacial score (nSPS) is 13.8. The maximum absolute atomic E-state index is 12.2. The van der Waals surface area contributed by atoms with Crippen molar-refractivity contribution in [2.24, 2.45) is 5.92 Å². The van der Waals surface area contributed by atoms with Crippen molar-refractivity contribution >= 4 is 5.91 Å². The summed E-state index contributed by atoms with van der Waals surface area (Å²) < 4.78 is 0. The number of nitrogens with zero attached hydrogens (tertiary/aromatic N) is 2. The summed E-state index contributed by atoms with van der Waals surface area (Å²) in [4.78, 5) is 16.5. The van der Waals surface area contributed by atoms with Crippen molar-refractivity contribution in [3.8, 4) is 11.4 Å². The molecule has 2 rings (SSSR count). The van der Waals surface area contributed by atoms with Crippen LogP contribution in [0.4, 0.5) is 0 Å². The Morgan fingerprint density at radius 2 is 2.00 bits per heavy atom. The van der Waals surface area contributed by atoms with Crippen LogP contribution in [0.3, 0.4) is 0 Å². The van der Waals surface area contributed by atoms with Gasteiger partial charge in [-0.1, -0.05) is 26.0 Å². The molecule has 0 aliphatic heterocycles. The van der Waals surface area contributed by atoms with Crippen LogP contribution >= 0.6 is 0 Å². The van der Waals surface area contributed by atoms with Gasteiger partial charge in [-0.15, -0.1) is 0 Å². The second kappa shape index (κ2) is 7.57. The number of carbonyl (C=O) groups excluding carboxylic acids is 1. The predicted molar refractivity (Wildman–Crippen MR) is 93.6 cm³/mol. The maximum Gasteiger partial charge on any atom is 0.251 e. The van der Waals surface area contributed by atoms with Crippen molar-refractivity contribution in [1.29, 1.82) is 0 Å². The quantitative estimate of drug-likeness (QED) is 0.728. The van der Waals surface area contributed by atoms with Crippen molar-refractivity contribution in [2.75, 3.05) is 6.54 Å². The number of hydrogen-bond acceptors (Lipinski definition) is 4. The molecular weight excluding hydrogens is 304 g/mol. The fourth-order valence-corrected chi connectivity index (χ4v) is 2.30. The molecule has 1 atom stereocenters. The average Bonchev–Trinajstić information content (AvgIpc) is 2.98. The van der Waals surface area contributed by atoms with E-state index in [-0.39, 0.29) is 12.5 Å². The number of aliphatic hydroxyl groups is 1. The molecule has 24 heavy (non-hydrogen) atoms. The minimum Gasteiger partial charge on any atom is -0.388 e. The average molecular weight is 330 g/mol. The van der Waals surface area contributed by atoms with Gasteiger partial charge in [0.15, 0.2) is 5.82 Å². The third kappa shape index (κ3) is 5.16. The zero-order valence-electron chi connectivity index (χ0n) is 14.8. The molecule has 6 nitrogen and oxygen atoms in total. The summed E-state index contributed by atoms with van der Waals surface area (Å²) in [5, 5.41) is 20.0. The first-order chi connectivity index (χ1) is 11.3. The molecule has 0 aliphatic rings. The fraction of sp³-hybridized carbons (Fsp3) is 0.500. The number of H-pyrrole nitrogens is 1. The van der Waals surface area contributed by atoms with E-state index >= 15 is 0 Å². The molecule has 0 saturated heterocycles. The van der Waals surface area contributed by atoms with Crippen LogP contribution in [0.1, 0.15) is 49.8 Å². The lowest BCUT2D eigenvalue weighted by molar-refractivity contribution is 0.0429. The number of hydrogen-bond donors (Lipinski definition) is 3. The van der Waals surface area contributed by atoms with E-state index in [0.29, 0.717) is 23.7 Å². The first kappa shape index (κ1) is 18.1. The first-order valence-corrected chi connectivity index (χ1v) is 8.27. The van der Waals surface area contributed by atoms with Crippen LogP contribution in [0.15, 0.2) is 24.3 Å². The molecule has 0 spiro atoms. The van der Waals surface area contributed by atoms with Crippen LogP contribution in [0.25, 0.3) is 11.4 Å². The molecule has 0 fully saturated rings. The highest BCUT2D eigenvalue weighted by atomic mass is 16.3. The minimum atomic E-state index is -0.892. The van der Waals surface area contributed by atoms with Crippen LogP contribution < -0.4 is 5.32 Å². The molecule has 1 unspecified atom stereocenters. The molecule has 130 valence electrons. The van der Waals surface area contributed by atoms with Gasteiger partial charge in [-0.3, -0.25) is 9.89 Å². The number of carbonyl (C=O) groups is 1. The number of amides is 1. The molecule has 1 amide bonds. The zero-order valence-corrected chi connectivity index (χ0v) is 14.8. The minimum absolute atomic E-state index is 0.197. The molecule has 0 saturated carbocycles. The second-order valence-electron chi connectivity index (χ2n) is 6.93. The van der Waals surface area contributed by atoms with Gasteiger partial charge >= 0.3 is 0 Å². The van der Waals surface area contributed by atoms with Crippen LogP contribution in [0, 0.1) is 12.8 Å². The smallest absolute Gasteiger partial charge is 0.251 e. The van der Waals surface area contributed by atoms with E-state index in [4.69, 9.17) is 0 Å². The Bertz CT molecular complexity index is 675. The van der Waals surface area contributed by atoms with Crippen LogP contribution in [-0.2, 0) is 0 Å². The Balaban J connectivity index is 1.93. The summed E-state index contributed by atoms with van der Waals surface area (Å²) in [5.74, 6) is 1.68. The molecule has 6 heteroatoms. The molecule has 1 heterocycles. The van der Waals surface area contributed by atoms with Crippen LogP contribution in [-0.4, -0.2) is 38.3 Å². The van der Waals surface area contributed by atoms with E-state index < -0.39 is 5.60 Å². The molecular formula is C18H26N4O2. The van der Waals surface area contributed by atoms with Gasteiger partial charge in [-0.25, -0.2) is 4.98 Å². The summed E-state index contributed by atoms with van der Waals surface area (Å²) in [5.41, 5.74) is 0.501. The predicted octanol–water partition coefficient (Wildman–Crippen LogP) is 2.70. The first-order valence-electron chi connectivity index (χ1n) is 8.27. The number of aromatic amines is 1. The van der Waals surface area contributed by atoms with Gasteiger partial charge in [0.25, 0.3) is 5.91 Å². The van der Waals surface area contributed by atoms with E-state index in [1.807, 2.05) is 19.1 Å². The highest BCUT2D eigenvalue weighted by Gasteiger charge is 2.21. The fourth-order valence-electron chi connectivity index (χ4n) is 2.30. The Morgan fingerprint density at radius 3 is 2.54 bits per heavy atom. The van der Waals surface area contributed by atoms with Gasteiger partial charge in [0.1, 0.15) is 5.82 Å². The number of nitrogens with one attached hydrogen (secondary N) is 2. The highest BCUT2D eigenvalue weighted by molar-refractivity contribution is 5.94. The van der Waals surface area contributed by atoms with Crippen LogP contribution in [0.2, 0.25) is 0 Å². The maximum atomic E-state index is 12.2. The summed E-state index contributed by atoms with van der Waals surface area (Å²) in [6, 6.07) is 7.10. The Morgan fingerprint density at radius 1 is 1.33 bits per heavy atom. The molecule has 0 bridgehead atoms. The third-order valence-corrected chi connectivity index (χ3v) is 3.89. The van der Waals surface area contributed by atoms with Crippen molar-refractivity contribution in [3.63, 3.8) is 0 Å². The van der Waals surface area contributed by atoms with E-state index in [2.05, 4.69) is 34.3 Å². The van der Waals surface area contributed by atoms with Gasteiger partial charge in [0.05, 0.1) is 5.60 Å². The standard InChI is InChI=1S/C18H26N4O2/c1-12(2)9-10-18(4,24)11-19-17(23)15-7-5-14(6-8-15)16-20-13(3)21-22-16/h5-8,12,24H,9-11H2,1-4H3,(H,19,23)(H,20,21,22). The number of rotatable bonds is 7. The van der Waals surface area contributed by atoms with E-state index in [1.54, 1.807) is 19.1 Å². The lowest BCUT2D eigenvalue weighted by Crippen LogP contribution is -2.40. The summed E-state index contributed by atoms with van der Waals surface area (Å²) in [6.45, 7) is 8.06. The van der Waals surface area contributed by atoms with E-state index in [1.165, 1.54) is 0 Å². The zero-order chi connectivity index (χ0) is 17.7. The van der Waals surface area contributed by atoms with E-state index in [0.717, 1.165) is 17.8 Å². The van der Waals surface area contributed by atoms with Gasteiger partial charge in [0, 0.05) is 17.7 Å². The Hall–Kier alpha value is -2.21. The van der Waals surface area contributed by atoms with Crippen molar-refractivity contribution < 1.29 is 9.90 Å². The highest BCUT2D eigenvalue weighted by Crippen LogP contribution is 2.17. The summed E-state index contributed by atoms with van der Waals surface area (Å²) in [6.07, 6.45) is 1.59. The summed E-state index contributed by atoms with van der Waals surface area (Å²) in [7, 11) is 0. The van der Waals surface area contributed by atoms with Crippen LogP contribution in [0.5, 0.6) is 0 Å². The lowest BCUT2D eigenvalue weighted by atomic mass is 9.95. The third-order valence-electron chi connectivity index (χ3n) is 3.89. The topological polar surface area (TPSA) is 90.9 Å². The number of benzene rings is 1. The molecule has 1 aromatic carbocycles.